The molecule has 0 fully saturated rings. The second kappa shape index (κ2) is 6.24. The van der Waals surface area contributed by atoms with Gasteiger partial charge >= 0.3 is 6.18 Å². The standard InChI is InChI=1S/C16H15F4N/c1-2-3-13-6-4-11(9-14(13)17)8-12-5-7-15(21-10-12)16(18,19)20/h4-7,9-10H,2-3,8H2,1H3. The molecule has 21 heavy (non-hydrogen) atoms. The van der Waals surface area contributed by atoms with Gasteiger partial charge in [0, 0.05) is 6.20 Å². The molecule has 0 saturated carbocycles. The first-order valence-corrected chi connectivity index (χ1v) is 6.69. The number of rotatable bonds is 4. The van der Waals surface area contributed by atoms with Crippen molar-refractivity contribution in [2.45, 2.75) is 32.4 Å². The molecule has 0 spiro atoms. The maximum atomic E-state index is 13.8. The van der Waals surface area contributed by atoms with Gasteiger partial charge in [0.25, 0.3) is 0 Å². The number of aryl methyl sites for hydroxylation is 1. The van der Waals surface area contributed by atoms with Crippen LogP contribution in [-0.4, -0.2) is 4.98 Å². The molecule has 0 aliphatic rings. The highest BCUT2D eigenvalue weighted by Gasteiger charge is 2.31. The first-order chi connectivity index (χ1) is 9.90. The number of halogens is 4. The Morgan fingerprint density at radius 1 is 1.05 bits per heavy atom. The number of nitrogens with zero attached hydrogens (tertiary/aromatic N) is 1. The summed E-state index contributed by atoms with van der Waals surface area (Å²) < 4.78 is 51.0. The van der Waals surface area contributed by atoms with Crippen molar-refractivity contribution >= 4 is 0 Å². The van der Waals surface area contributed by atoms with E-state index in [0.29, 0.717) is 29.5 Å². The summed E-state index contributed by atoms with van der Waals surface area (Å²) >= 11 is 0. The normalized spacial score (nSPS) is 11.7. The van der Waals surface area contributed by atoms with Crippen molar-refractivity contribution < 1.29 is 17.6 Å². The quantitative estimate of drug-likeness (QED) is 0.740. The van der Waals surface area contributed by atoms with Crippen LogP contribution in [0.25, 0.3) is 0 Å². The smallest absolute Gasteiger partial charge is 0.251 e. The minimum Gasteiger partial charge on any atom is -0.251 e. The van der Waals surface area contributed by atoms with E-state index in [1.165, 1.54) is 18.3 Å². The zero-order valence-corrected chi connectivity index (χ0v) is 11.5. The fourth-order valence-electron chi connectivity index (χ4n) is 2.11. The molecule has 0 bridgehead atoms. The zero-order valence-electron chi connectivity index (χ0n) is 11.5. The van der Waals surface area contributed by atoms with Crippen molar-refractivity contribution in [3.8, 4) is 0 Å². The third-order valence-corrected chi connectivity index (χ3v) is 3.16. The lowest BCUT2D eigenvalue weighted by Gasteiger charge is -2.08. The maximum Gasteiger partial charge on any atom is 0.433 e. The summed E-state index contributed by atoms with van der Waals surface area (Å²) in [6.07, 6.45) is -1.37. The molecule has 112 valence electrons. The van der Waals surface area contributed by atoms with Gasteiger partial charge in [-0.3, -0.25) is 4.98 Å². The Balaban J connectivity index is 2.13. The highest BCUT2D eigenvalue weighted by atomic mass is 19.4. The van der Waals surface area contributed by atoms with Crippen molar-refractivity contribution in [1.82, 2.24) is 4.98 Å². The van der Waals surface area contributed by atoms with Crippen LogP contribution in [0, 0.1) is 5.82 Å². The van der Waals surface area contributed by atoms with E-state index in [4.69, 9.17) is 0 Å². The monoisotopic (exact) mass is 297 g/mol. The van der Waals surface area contributed by atoms with E-state index in [2.05, 4.69) is 4.98 Å². The van der Waals surface area contributed by atoms with Gasteiger partial charge in [-0.15, -0.1) is 0 Å². The van der Waals surface area contributed by atoms with Crippen LogP contribution < -0.4 is 0 Å². The molecule has 2 rings (SSSR count). The average Bonchev–Trinajstić information content (AvgIpc) is 2.42. The third-order valence-electron chi connectivity index (χ3n) is 3.16. The van der Waals surface area contributed by atoms with Crippen molar-refractivity contribution in [2.75, 3.05) is 0 Å². The number of alkyl halides is 3. The van der Waals surface area contributed by atoms with E-state index < -0.39 is 11.9 Å². The molecule has 0 aliphatic heterocycles. The van der Waals surface area contributed by atoms with E-state index in [0.717, 1.165) is 12.5 Å². The van der Waals surface area contributed by atoms with Crippen LogP contribution in [-0.2, 0) is 19.0 Å². The lowest BCUT2D eigenvalue weighted by atomic mass is 10.0. The third kappa shape index (κ3) is 4.03. The lowest BCUT2D eigenvalue weighted by Crippen LogP contribution is -2.07. The molecule has 1 heterocycles. The van der Waals surface area contributed by atoms with Crippen LogP contribution >= 0.6 is 0 Å². The van der Waals surface area contributed by atoms with E-state index in [9.17, 15) is 17.6 Å². The Morgan fingerprint density at radius 2 is 1.76 bits per heavy atom. The first-order valence-electron chi connectivity index (χ1n) is 6.69. The van der Waals surface area contributed by atoms with Crippen LogP contribution in [0.15, 0.2) is 36.5 Å². The molecule has 0 atom stereocenters. The minimum absolute atomic E-state index is 0.269. The Morgan fingerprint density at radius 3 is 2.29 bits per heavy atom. The number of pyridine rings is 1. The minimum atomic E-state index is -4.44. The molecule has 2 aromatic rings. The van der Waals surface area contributed by atoms with Crippen LogP contribution in [0.3, 0.4) is 0 Å². The summed E-state index contributed by atoms with van der Waals surface area (Å²) in [5.74, 6) is -0.269. The molecule has 5 heteroatoms. The Hall–Kier alpha value is -1.91. The van der Waals surface area contributed by atoms with Gasteiger partial charge in [0.1, 0.15) is 11.5 Å². The van der Waals surface area contributed by atoms with E-state index >= 15 is 0 Å². The highest BCUT2D eigenvalue weighted by molar-refractivity contribution is 5.29. The number of hydrogen-bond donors (Lipinski definition) is 0. The second-order valence-corrected chi connectivity index (χ2v) is 4.90. The molecule has 1 aromatic heterocycles. The van der Waals surface area contributed by atoms with Crippen molar-refractivity contribution in [3.63, 3.8) is 0 Å². The number of hydrogen-bond acceptors (Lipinski definition) is 1. The van der Waals surface area contributed by atoms with Gasteiger partial charge in [0.15, 0.2) is 0 Å². The summed E-state index contributed by atoms with van der Waals surface area (Å²) in [5.41, 5.74) is 1.07. The summed E-state index contributed by atoms with van der Waals surface area (Å²) in [7, 11) is 0. The molecule has 0 aliphatic carbocycles. The van der Waals surface area contributed by atoms with Gasteiger partial charge in [-0.25, -0.2) is 4.39 Å². The Labute approximate surface area is 120 Å². The molecular formula is C16H15F4N. The van der Waals surface area contributed by atoms with Crippen molar-refractivity contribution in [3.05, 3.63) is 64.7 Å². The van der Waals surface area contributed by atoms with Crippen LogP contribution in [0.1, 0.15) is 35.7 Å². The topological polar surface area (TPSA) is 12.9 Å². The van der Waals surface area contributed by atoms with Crippen LogP contribution in [0.2, 0.25) is 0 Å². The van der Waals surface area contributed by atoms with Crippen molar-refractivity contribution in [2.24, 2.45) is 0 Å². The summed E-state index contributed by atoms with van der Waals surface area (Å²) in [6.45, 7) is 1.97. The molecule has 1 aromatic carbocycles. The average molecular weight is 297 g/mol. The van der Waals surface area contributed by atoms with E-state index in [1.807, 2.05) is 6.92 Å². The fourth-order valence-corrected chi connectivity index (χ4v) is 2.11. The highest BCUT2D eigenvalue weighted by Crippen LogP contribution is 2.27. The predicted molar refractivity (Wildman–Crippen MR) is 72.4 cm³/mol. The summed E-state index contributed by atoms with van der Waals surface area (Å²) in [5, 5.41) is 0. The number of aromatic nitrogens is 1. The summed E-state index contributed by atoms with van der Waals surface area (Å²) in [4.78, 5) is 3.40. The largest absolute Gasteiger partial charge is 0.433 e. The Bertz CT molecular complexity index is 603. The molecule has 0 N–H and O–H groups in total. The van der Waals surface area contributed by atoms with Gasteiger partial charge in [0.05, 0.1) is 0 Å². The molecule has 0 saturated heterocycles. The first kappa shape index (κ1) is 15.5. The lowest BCUT2D eigenvalue weighted by molar-refractivity contribution is -0.141. The zero-order chi connectivity index (χ0) is 15.5. The van der Waals surface area contributed by atoms with E-state index in [-0.39, 0.29) is 5.82 Å². The van der Waals surface area contributed by atoms with Gasteiger partial charge in [0.2, 0.25) is 0 Å². The van der Waals surface area contributed by atoms with Gasteiger partial charge in [-0.05, 0) is 41.7 Å². The SMILES string of the molecule is CCCc1ccc(Cc2ccc(C(F)(F)F)nc2)cc1F. The summed E-state index contributed by atoms with van der Waals surface area (Å²) in [6, 6.07) is 7.27. The Kier molecular flexibility index (Phi) is 4.60. The molecule has 0 unspecified atom stereocenters. The van der Waals surface area contributed by atoms with Gasteiger partial charge in [-0.2, -0.15) is 13.2 Å². The predicted octanol–water partition coefficient (Wildman–Crippen LogP) is 4.78. The molecular weight excluding hydrogens is 282 g/mol. The second-order valence-electron chi connectivity index (χ2n) is 4.90. The molecule has 0 radical (unpaired) electrons. The fraction of sp³-hybridized carbons (Fsp3) is 0.312. The molecule has 1 nitrogen and oxygen atoms in total. The maximum absolute atomic E-state index is 13.8. The van der Waals surface area contributed by atoms with Gasteiger partial charge in [-0.1, -0.05) is 31.5 Å². The number of benzene rings is 1. The molecule has 0 amide bonds. The van der Waals surface area contributed by atoms with Crippen LogP contribution in [0.4, 0.5) is 17.6 Å². The van der Waals surface area contributed by atoms with E-state index in [1.54, 1.807) is 12.1 Å². The van der Waals surface area contributed by atoms with Crippen LogP contribution in [0.5, 0.6) is 0 Å². The van der Waals surface area contributed by atoms with Gasteiger partial charge < -0.3 is 0 Å². The van der Waals surface area contributed by atoms with Crippen molar-refractivity contribution in [1.29, 1.82) is 0 Å².